The lowest BCUT2D eigenvalue weighted by Gasteiger charge is -2.18. The van der Waals surface area contributed by atoms with Crippen molar-refractivity contribution in [3.63, 3.8) is 0 Å². The summed E-state index contributed by atoms with van der Waals surface area (Å²) in [4.78, 5) is 0. The molecule has 0 fully saturated rings. The molecule has 0 saturated carbocycles. The van der Waals surface area contributed by atoms with Crippen LogP contribution in [0.15, 0.2) is 72.8 Å². The van der Waals surface area contributed by atoms with Crippen LogP contribution in [-0.4, -0.2) is 0 Å². The maximum atomic E-state index is 2.35. The van der Waals surface area contributed by atoms with Crippen LogP contribution in [0.2, 0.25) is 0 Å². The summed E-state index contributed by atoms with van der Waals surface area (Å²) in [5.74, 6) is 0.491. The monoisotopic (exact) mass is 284 g/mol. The molecule has 0 amide bonds. The molecule has 0 heterocycles. The Morgan fingerprint density at radius 3 is 2.41 bits per heavy atom. The first kappa shape index (κ1) is 13.3. The fourth-order valence-corrected chi connectivity index (χ4v) is 3.69. The number of hydrogen-bond acceptors (Lipinski definition) is 0. The van der Waals surface area contributed by atoms with Gasteiger partial charge in [0, 0.05) is 5.92 Å². The second-order valence-electron chi connectivity index (χ2n) is 6.25. The second-order valence-corrected chi connectivity index (χ2v) is 6.25. The van der Waals surface area contributed by atoms with Crippen molar-refractivity contribution in [3.05, 3.63) is 95.1 Å². The van der Waals surface area contributed by atoms with Gasteiger partial charge in [0.1, 0.15) is 0 Å². The van der Waals surface area contributed by atoms with Gasteiger partial charge in [0.25, 0.3) is 0 Å². The third kappa shape index (κ3) is 2.25. The molecule has 0 nitrogen and oxygen atoms in total. The highest BCUT2D eigenvalue weighted by atomic mass is 14.3. The molecule has 1 aliphatic carbocycles. The Balaban J connectivity index is 1.92. The van der Waals surface area contributed by atoms with Crippen molar-refractivity contribution in [2.24, 2.45) is 0 Å². The van der Waals surface area contributed by atoms with E-state index in [9.17, 15) is 0 Å². The molecule has 0 N–H and O–H groups in total. The predicted molar refractivity (Wildman–Crippen MR) is 93.2 cm³/mol. The zero-order valence-corrected chi connectivity index (χ0v) is 12.9. The molecular weight excluding hydrogens is 264 g/mol. The minimum absolute atomic E-state index is 0.491. The van der Waals surface area contributed by atoms with Crippen molar-refractivity contribution in [3.8, 4) is 11.1 Å². The molecule has 1 aliphatic rings. The molecule has 108 valence electrons. The highest BCUT2D eigenvalue weighted by Crippen LogP contribution is 2.41. The van der Waals surface area contributed by atoms with E-state index in [1.165, 1.54) is 39.8 Å². The Hall–Kier alpha value is -2.34. The van der Waals surface area contributed by atoms with E-state index in [1.807, 2.05) is 0 Å². The summed E-state index contributed by atoms with van der Waals surface area (Å²) in [7, 11) is 0. The Morgan fingerprint density at radius 2 is 1.55 bits per heavy atom. The maximum Gasteiger partial charge on any atom is 0.00986 e. The third-order valence-electron chi connectivity index (χ3n) is 4.80. The van der Waals surface area contributed by atoms with Gasteiger partial charge in [0.05, 0.1) is 0 Å². The van der Waals surface area contributed by atoms with E-state index in [-0.39, 0.29) is 0 Å². The van der Waals surface area contributed by atoms with E-state index in [0.717, 1.165) is 6.42 Å². The lowest BCUT2D eigenvalue weighted by Crippen LogP contribution is -2.01. The van der Waals surface area contributed by atoms with Gasteiger partial charge in [0.2, 0.25) is 0 Å². The van der Waals surface area contributed by atoms with Gasteiger partial charge in [-0.25, -0.2) is 0 Å². The number of benzene rings is 3. The number of rotatable bonds is 1. The van der Waals surface area contributed by atoms with Crippen molar-refractivity contribution < 1.29 is 0 Å². The van der Waals surface area contributed by atoms with Crippen LogP contribution in [0.25, 0.3) is 11.1 Å². The summed E-state index contributed by atoms with van der Waals surface area (Å²) in [6, 6.07) is 26.8. The van der Waals surface area contributed by atoms with Gasteiger partial charge in [-0.1, -0.05) is 78.4 Å². The third-order valence-corrected chi connectivity index (χ3v) is 4.80. The quantitative estimate of drug-likeness (QED) is 0.534. The Bertz CT molecular complexity index is 799. The Labute approximate surface area is 132 Å². The van der Waals surface area contributed by atoms with Crippen molar-refractivity contribution in [2.75, 3.05) is 0 Å². The normalized spacial score (nSPS) is 16.5. The molecule has 4 rings (SSSR count). The summed E-state index contributed by atoms with van der Waals surface area (Å²) in [6.07, 6.45) is 2.32. The smallest absolute Gasteiger partial charge is 0.00986 e. The lowest BCUT2D eigenvalue weighted by atomic mass is 9.86. The molecule has 0 aromatic heterocycles. The molecular formula is C22H20. The number of fused-ring (bicyclic) bond motifs is 3. The first-order valence-corrected chi connectivity index (χ1v) is 8.07. The highest BCUT2D eigenvalue weighted by molar-refractivity contribution is 5.73. The molecule has 0 heteroatoms. The molecule has 3 aromatic rings. The second kappa shape index (κ2) is 5.46. The average molecular weight is 284 g/mol. The molecule has 0 saturated heterocycles. The summed E-state index contributed by atoms with van der Waals surface area (Å²) < 4.78 is 0. The topological polar surface area (TPSA) is 0 Å². The molecule has 3 aromatic carbocycles. The predicted octanol–water partition coefficient (Wildman–Crippen LogP) is 5.74. The molecule has 0 aliphatic heterocycles. The van der Waals surface area contributed by atoms with Crippen LogP contribution in [0.1, 0.15) is 34.6 Å². The highest BCUT2D eigenvalue weighted by Gasteiger charge is 2.23. The Morgan fingerprint density at radius 1 is 0.773 bits per heavy atom. The summed E-state index contributed by atoms with van der Waals surface area (Å²) >= 11 is 0. The Kier molecular flexibility index (Phi) is 3.31. The number of hydrogen-bond donors (Lipinski definition) is 0. The zero-order valence-electron chi connectivity index (χ0n) is 12.9. The van der Waals surface area contributed by atoms with E-state index in [2.05, 4.69) is 79.7 Å². The summed E-state index contributed by atoms with van der Waals surface area (Å²) in [5.41, 5.74) is 8.56. The average Bonchev–Trinajstić information content (AvgIpc) is 2.73. The fourth-order valence-electron chi connectivity index (χ4n) is 3.69. The SMILES string of the molecule is Cc1ccc2c(c1)-c1ccccc1C(c1ccccc1)CC2. The van der Waals surface area contributed by atoms with E-state index in [4.69, 9.17) is 0 Å². The number of aryl methyl sites for hydroxylation is 2. The van der Waals surface area contributed by atoms with Crippen LogP contribution < -0.4 is 0 Å². The van der Waals surface area contributed by atoms with Crippen LogP contribution in [0.3, 0.4) is 0 Å². The lowest BCUT2D eigenvalue weighted by molar-refractivity contribution is 0.726. The minimum atomic E-state index is 0.491. The molecule has 22 heavy (non-hydrogen) atoms. The van der Waals surface area contributed by atoms with Crippen LogP contribution in [0, 0.1) is 6.92 Å². The van der Waals surface area contributed by atoms with Crippen molar-refractivity contribution in [1.82, 2.24) is 0 Å². The van der Waals surface area contributed by atoms with E-state index >= 15 is 0 Å². The zero-order chi connectivity index (χ0) is 14.9. The fraction of sp³-hybridized carbons (Fsp3) is 0.182. The summed E-state index contributed by atoms with van der Waals surface area (Å²) in [5, 5.41) is 0. The van der Waals surface area contributed by atoms with Crippen LogP contribution in [0.4, 0.5) is 0 Å². The van der Waals surface area contributed by atoms with Gasteiger partial charge in [-0.15, -0.1) is 0 Å². The molecule has 1 unspecified atom stereocenters. The van der Waals surface area contributed by atoms with E-state index < -0.39 is 0 Å². The molecule has 0 bridgehead atoms. The van der Waals surface area contributed by atoms with E-state index in [0.29, 0.717) is 5.92 Å². The first-order chi connectivity index (χ1) is 10.8. The van der Waals surface area contributed by atoms with Gasteiger partial charge < -0.3 is 0 Å². The van der Waals surface area contributed by atoms with Gasteiger partial charge in [-0.3, -0.25) is 0 Å². The summed E-state index contributed by atoms with van der Waals surface area (Å²) in [6.45, 7) is 2.18. The van der Waals surface area contributed by atoms with Crippen molar-refractivity contribution in [1.29, 1.82) is 0 Å². The van der Waals surface area contributed by atoms with Gasteiger partial charge >= 0.3 is 0 Å². The van der Waals surface area contributed by atoms with Crippen LogP contribution in [0.5, 0.6) is 0 Å². The van der Waals surface area contributed by atoms with E-state index in [1.54, 1.807) is 0 Å². The van der Waals surface area contributed by atoms with Gasteiger partial charge in [0.15, 0.2) is 0 Å². The standard InChI is InChI=1S/C22H20/c1-16-11-12-18-13-14-19(17-7-3-2-4-8-17)20-9-5-6-10-21(20)22(18)15-16/h2-12,15,19H,13-14H2,1H3. The molecule has 0 spiro atoms. The van der Waals surface area contributed by atoms with Crippen molar-refractivity contribution >= 4 is 0 Å². The molecule has 1 atom stereocenters. The molecule has 0 radical (unpaired) electrons. The van der Waals surface area contributed by atoms with Crippen LogP contribution in [-0.2, 0) is 6.42 Å². The van der Waals surface area contributed by atoms with Gasteiger partial charge in [-0.2, -0.15) is 0 Å². The maximum absolute atomic E-state index is 2.35. The van der Waals surface area contributed by atoms with Gasteiger partial charge in [-0.05, 0) is 47.6 Å². The van der Waals surface area contributed by atoms with Crippen LogP contribution >= 0.6 is 0 Å². The minimum Gasteiger partial charge on any atom is -0.0622 e. The largest absolute Gasteiger partial charge is 0.0622 e. The first-order valence-electron chi connectivity index (χ1n) is 8.07. The van der Waals surface area contributed by atoms with Crippen molar-refractivity contribution in [2.45, 2.75) is 25.7 Å².